The van der Waals surface area contributed by atoms with Gasteiger partial charge < -0.3 is 14.6 Å². The van der Waals surface area contributed by atoms with E-state index in [1.54, 1.807) is 7.11 Å². The Morgan fingerprint density at radius 3 is 2.48 bits per heavy atom. The topological polar surface area (TPSA) is 50.0 Å². The number of anilines is 1. The van der Waals surface area contributed by atoms with E-state index in [-0.39, 0.29) is 0 Å². The molecule has 1 heterocycles. The maximum atomic E-state index is 9.88. The molecule has 1 N–H and O–H groups in total. The second-order valence-electron chi connectivity index (χ2n) is 6.50. The van der Waals surface area contributed by atoms with Gasteiger partial charge in [-0.1, -0.05) is 12.1 Å². The normalized spacial score (nSPS) is 14.1. The van der Waals surface area contributed by atoms with Gasteiger partial charge in [0.2, 0.25) is 0 Å². The molecule has 0 spiro atoms. The van der Waals surface area contributed by atoms with Crippen LogP contribution in [0.3, 0.4) is 0 Å². The molecule has 1 saturated carbocycles. The van der Waals surface area contributed by atoms with Crippen molar-refractivity contribution >= 4 is 16.6 Å². The zero-order valence-electron chi connectivity index (χ0n) is 14.5. The first-order valence-electron chi connectivity index (χ1n) is 8.67. The standard InChI is InChI=1S/C21H21N3O/c1-23-15-8-6-14(7-9-15)21-19(13-22)18-11-10-17(25-2)12-20(18)24(21)16-4-3-5-16/h6-12,16,23H,3-5H2,1-2H3. The fourth-order valence-electron chi connectivity index (χ4n) is 3.63. The Kier molecular flexibility index (Phi) is 3.85. The van der Waals surface area contributed by atoms with E-state index in [1.165, 1.54) is 6.42 Å². The maximum absolute atomic E-state index is 9.88. The summed E-state index contributed by atoms with van der Waals surface area (Å²) in [5.74, 6) is 0.826. The number of benzene rings is 2. The molecule has 1 fully saturated rings. The molecule has 0 saturated heterocycles. The van der Waals surface area contributed by atoms with Gasteiger partial charge in [0.1, 0.15) is 11.8 Å². The molecule has 0 radical (unpaired) electrons. The Labute approximate surface area is 147 Å². The molecule has 1 aliphatic carbocycles. The summed E-state index contributed by atoms with van der Waals surface area (Å²) >= 11 is 0. The third-order valence-electron chi connectivity index (χ3n) is 5.21. The minimum Gasteiger partial charge on any atom is -0.497 e. The van der Waals surface area contributed by atoms with Gasteiger partial charge in [-0.2, -0.15) is 5.26 Å². The molecule has 3 aromatic rings. The van der Waals surface area contributed by atoms with Crippen molar-refractivity contribution in [2.75, 3.05) is 19.5 Å². The molecule has 0 unspecified atom stereocenters. The lowest BCUT2D eigenvalue weighted by molar-refractivity contribution is 0.324. The van der Waals surface area contributed by atoms with Crippen molar-refractivity contribution in [2.45, 2.75) is 25.3 Å². The van der Waals surface area contributed by atoms with Crippen LogP contribution in [-0.4, -0.2) is 18.7 Å². The number of methoxy groups -OCH3 is 1. The monoisotopic (exact) mass is 331 g/mol. The van der Waals surface area contributed by atoms with Gasteiger partial charge in [0.15, 0.2) is 0 Å². The predicted molar refractivity (Wildman–Crippen MR) is 101 cm³/mol. The molecule has 1 aliphatic rings. The number of rotatable bonds is 4. The van der Waals surface area contributed by atoms with Crippen LogP contribution in [0.1, 0.15) is 30.9 Å². The lowest BCUT2D eigenvalue weighted by Gasteiger charge is -2.30. The van der Waals surface area contributed by atoms with E-state index in [1.807, 2.05) is 19.2 Å². The Balaban J connectivity index is 2.01. The van der Waals surface area contributed by atoms with Gasteiger partial charge in [-0.05, 0) is 49.1 Å². The number of fused-ring (bicyclic) bond motifs is 1. The summed E-state index contributed by atoms with van der Waals surface area (Å²) in [7, 11) is 3.59. The zero-order chi connectivity index (χ0) is 17.4. The van der Waals surface area contributed by atoms with Crippen LogP contribution >= 0.6 is 0 Å². The first-order valence-corrected chi connectivity index (χ1v) is 8.67. The van der Waals surface area contributed by atoms with E-state index in [4.69, 9.17) is 4.74 Å². The fraction of sp³-hybridized carbons (Fsp3) is 0.286. The molecular formula is C21H21N3O. The third-order valence-corrected chi connectivity index (χ3v) is 5.21. The summed E-state index contributed by atoms with van der Waals surface area (Å²) < 4.78 is 7.78. The van der Waals surface area contributed by atoms with Crippen molar-refractivity contribution in [1.29, 1.82) is 5.26 Å². The van der Waals surface area contributed by atoms with Crippen molar-refractivity contribution in [1.82, 2.24) is 4.57 Å². The smallest absolute Gasteiger partial charge is 0.120 e. The van der Waals surface area contributed by atoms with Crippen LogP contribution in [0.2, 0.25) is 0 Å². The first-order chi connectivity index (χ1) is 12.3. The third kappa shape index (κ3) is 2.44. The van der Waals surface area contributed by atoms with Crippen LogP contribution in [0.5, 0.6) is 5.75 Å². The molecule has 4 heteroatoms. The van der Waals surface area contributed by atoms with E-state index in [0.29, 0.717) is 6.04 Å². The molecule has 4 rings (SSSR count). The highest BCUT2D eigenvalue weighted by Crippen LogP contribution is 2.43. The number of nitrogens with one attached hydrogen (secondary N) is 1. The van der Waals surface area contributed by atoms with Crippen LogP contribution < -0.4 is 10.1 Å². The largest absolute Gasteiger partial charge is 0.497 e. The van der Waals surface area contributed by atoms with E-state index in [9.17, 15) is 5.26 Å². The Hall–Kier alpha value is -2.93. The van der Waals surface area contributed by atoms with Crippen molar-refractivity contribution in [3.05, 3.63) is 48.0 Å². The molecule has 4 nitrogen and oxygen atoms in total. The highest BCUT2D eigenvalue weighted by atomic mass is 16.5. The van der Waals surface area contributed by atoms with Crippen molar-refractivity contribution in [3.63, 3.8) is 0 Å². The average Bonchev–Trinajstić information content (AvgIpc) is 2.93. The van der Waals surface area contributed by atoms with Gasteiger partial charge in [0, 0.05) is 30.2 Å². The Morgan fingerprint density at radius 2 is 1.92 bits per heavy atom. The lowest BCUT2D eigenvalue weighted by Crippen LogP contribution is -2.17. The highest BCUT2D eigenvalue weighted by Gasteiger charge is 2.27. The highest BCUT2D eigenvalue weighted by molar-refractivity contribution is 5.95. The number of nitriles is 1. The van der Waals surface area contributed by atoms with E-state index in [2.05, 4.69) is 46.3 Å². The summed E-state index contributed by atoms with van der Waals surface area (Å²) in [6, 6.07) is 17.2. The van der Waals surface area contributed by atoms with Crippen LogP contribution in [0.25, 0.3) is 22.2 Å². The summed E-state index contributed by atoms with van der Waals surface area (Å²) in [6.45, 7) is 0. The molecule has 2 aromatic carbocycles. The van der Waals surface area contributed by atoms with Crippen molar-refractivity contribution < 1.29 is 4.74 Å². The number of ether oxygens (including phenoxy) is 1. The number of nitrogens with zero attached hydrogens (tertiary/aromatic N) is 2. The Morgan fingerprint density at radius 1 is 1.16 bits per heavy atom. The fourth-order valence-corrected chi connectivity index (χ4v) is 3.63. The van der Waals surface area contributed by atoms with E-state index in [0.717, 1.165) is 52.0 Å². The van der Waals surface area contributed by atoms with Crippen molar-refractivity contribution in [2.24, 2.45) is 0 Å². The molecule has 0 amide bonds. The van der Waals surface area contributed by atoms with E-state index >= 15 is 0 Å². The van der Waals surface area contributed by atoms with Gasteiger partial charge in [-0.15, -0.1) is 0 Å². The van der Waals surface area contributed by atoms with Gasteiger partial charge >= 0.3 is 0 Å². The van der Waals surface area contributed by atoms with Crippen molar-refractivity contribution in [3.8, 4) is 23.1 Å². The summed E-state index contributed by atoms with van der Waals surface area (Å²) in [5, 5.41) is 14.0. The SMILES string of the molecule is CNc1ccc(-c2c(C#N)c3ccc(OC)cc3n2C2CCC2)cc1. The minimum atomic E-state index is 0.454. The summed E-state index contributed by atoms with van der Waals surface area (Å²) in [5.41, 5.74) is 5.01. The van der Waals surface area contributed by atoms with Crippen LogP contribution in [0.4, 0.5) is 5.69 Å². The molecule has 0 aliphatic heterocycles. The van der Waals surface area contributed by atoms with Gasteiger partial charge in [-0.3, -0.25) is 0 Å². The van der Waals surface area contributed by atoms with Crippen LogP contribution in [0.15, 0.2) is 42.5 Å². The van der Waals surface area contributed by atoms with Crippen LogP contribution in [0, 0.1) is 11.3 Å². The van der Waals surface area contributed by atoms with Gasteiger partial charge in [0.25, 0.3) is 0 Å². The molecule has 0 atom stereocenters. The van der Waals surface area contributed by atoms with E-state index < -0.39 is 0 Å². The molecule has 25 heavy (non-hydrogen) atoms. The molecule has 0 bridgehead atoms. The number of hydrogen-bond acceptors (Lipinski definition) is 3. The second kappa shape index (κ2) is 6.18. The van der Waals surface area contributed by atoms with Gasteiger partial charge in [-0.25, -0.2) is 0 Å². The number of hydrogen-bond donors (Lipinski definition) is 1. The quantitative estimate of drug-likeness (QED) is 0.735. The van der Waals surface area contributed by atoms with Crippen LogP contribution in [-0.2, 0) is 0 Å². The predicted octanol–water partition coefficient (Wildman–Crippen LogP) is 4.96. The summed E-state index contributed by atoms with van der Waals surface area (Å²) in [4.78, 5) is 0. The molecular weight excluding hydrogens is 310 g/mol. The number of aromatic nitrogens is 1. The minimum absolute atomic E-state index is 0.454. The van der Waals surface area contributed by atoms with Gasteiger partial charge in [0.05, 0.1) is 23.9 Å². The average molecular weight is 331 g/mol. The first kappa shape index (κ1) is 15.6. The second-order valence-corrected chi connectivity index (χ2v) is 6.50. The summed E-state index contributed by atoms with van der Waals surface area (Å²) in [6.07, 6.45) is 3.56. The lowest BCUT2D eigenvalue weighted by atomic mass is 9.92. The molecule has 126 valence electrons. The zero-order valence-corrected chi connectivity index (χ0v) is 14.5. The molecule has 1 aromatic heterocycles. The maximum Gasteiger partial charge on any atom is 0.120 e. The Bertz CT molecular complexity index is 959.